The second kappa shape index (κ2) is 7.44. The number of benzene rings is 1. The topological polar surface area (TPSA) is 41.1 Å². The van der Waals surface area contributed by atoms with Gasteiger partial charge in [-0.1, -0.05) is 42.7 Å². The van der Waals surface area contributed by atoms with Crippen LogP contribution < -0.4 is 10.6 Å². The molecule has 0 heterocycles. The molecule has 1 amide bonds. The molecule has 0 bridgehead atoms. The van der Waals surface area contributed by atoms with E-state index in [9.17, 15) is 4.79 Å². The first-order valence-electron chi connectivity index (χ1n) is 7.74. The molecule has 2 N–H and O–H groups in total. The molecular weight excluding hydrogens is 248 g/mol. The summed E-state index contributed by atoms with van der Waals surface area (Å²) in [6.07, 6.45) is 5.74. The Morgan fingerprint density at radius 1 is 1.35 bits per heavy atom. The Labute approximate surface area is 122 Å². The zero-order valence-electron chi connectivity index (χ0n) is 12.6. The number of hydrogen-bond donors (Lipinski definition) is 2. The Balaban J connectivity index is 1.68. The van der Waals surface area contributed by atoms with E-state index < -0.39 is 0 Å². The van der Waals surface area contributed by atoms with Gasteiger partial charge in [0, 0.05) is 6.04 Å². The maximum absolute atomic E-state index is 12.0. The highest BCUT2D eigenvalue weighted by molar-refractivity contribution is 5.81. The van der Waals surface area contributed by atoms with Crippen LogP contribution in [-0.2, 0) is 11.2 Å². The van der Waals surface area contributed by atoms with Crippen LogP contribution in [0.1, 0.15) is 43.7 Å². The van der Waals surface area contributed by atoms with Crippen molar-refractivity contribution in [1.82, 2.24) is 10.6 Å². The van der Waals surface area contributed by atoms with Crippen LogP contribution in [0, 0.1) is 6.92 Å². The number of carbonyl (C=O) groups excluding carboxylic acids is 1. The monoisotopic (exact) mass is 274 g/mol. The van der Waals surface area contributed by atoms with Gasteiger partial charge in [-0.25, -0.2) is 0 Å². The molecular formula is C17H26N2O. The number of rotatable bonds is 6. The zero-order valence-corrected chi connectivity index (χ0v) is 12.6. The molecule has 1 aromatic rings. The summed E-state index contributed by atoms with van der Waals surface area (Å²) in [7, 11) is 0. The van der Waals surface area contributed by atoms with E-state index in [1.54, 1.807) is 0 Å². The molecule has 1 aliphatic rings. The van der Waals surface area contributed by atoms with Crippen LogP contribution in [0.5, 0.6) is 0 Å². The molecule has 0 saturated heterocycles. The lowest BCUT2D eigenvalue weighted by Crippen LogP contribution is -2.46. The summed E-state index contributed by atoms with van der Waals surface area (Å²) in [5.41, 5.74) is 2.61. The van der Waals surface area contributed by atoms with E-state index in [2.05, 4.69) is 41.8 Å². The van der Waals surface area contributed by atoms with Crippen LogP contribution in [-0.4, -0.2) is 24.5 Å². The van der Waals surface area contributed by atoms with Gasteiger partial charge in [-0.3, -0.25) is 4.79 Å². The number of hydrogen-bond acceptors (Lipinski definition) is 2. The van der Waals surface area contributed by atoms with Gasteiger partial charge in [-0.15, -0.1) is 0 Å². The molecule has 0 aromatic heterocycles. The Kier molecular flexibility index (Phi) is 5.60. The Bertz CT molecular complexity index is 438. The van der Waals surface area contributed by atoms with Crippen molar-refractivity contribution in [3.8, 4) is 0 Å². The van der Waals surface area contributed by atoms with E-state index in [0.717, 1.165) is 25.8 Å². The molecule has 1 aromatic carbocycles. The van der Waals surface area contributed by atoms with E-state index in [1.807, 2.05) is 6.92 Å². The maximum atomic E-state index is 12.0. The third-order valence-electron chi connectivity index (χ3n) is 4.04. The van der Waals surface area contributed by atoms with Crippen molar-refractivity contribution in [3.05, 3.63) is 35.4 Å². The highest BCUT2D eigenvalue weighted by Gasteiger charge is 2.19. The minimum absolute atomic E-state index is 0.111. The fourth-order valence-electron chi connectivity index (χ4n) is 2.79. The number of amides is 1. The fraction of sp³-hybridized carbons (Fsp3) is 0.588. The quantitative estimate of drug-likeness (QED) is 0.837. The Morgan fingerprint density at radius 2 is 2.10 bits per heavy atom. The average molecular weight is 274 g/mol. The molecule has 1 aliphatic carbocycles. The molecule has 0 aliphatic heterocycles. The van der Waals surface area contributed by atoms with Crippen molar-refractivity contribution >= 4 is 5.91 Å². The van der Waals surface area contributed by atoms with Crippen LogP contribution >= 0.6 is 0 Å². The molecule has 1 unspecified atom stereocenters. The third-order valence-corrected chi connectivity index (χ3v) is 4.04. The molecule has 1 atom stereocenters. The molecule has 0 spiro atoms. The van der Waals surface area contributed by atoms with Gasteiger partial charge in [0.15, 0.2) is 0 Å². The molecule has 3 heteroatoms. The van der Waals surface area contributed by atoms with E-state index in [1.165, 1.54) is 24.0 Å². The Morgan fingerprint density at radius 3 is 2.80 bits per heavy atom. The summed E-state index contributed by atoms with van der Waals surface area (Å²) in [5.74, 6) is 0.140. The largest absolute Gasteiger partial charge is 0.352 e. The second-order valence-electron chi connectivity index (χ2n) is 5.90. The first-order valence-corrected chi connectivity index (χ1v) is 7.74. The van der Waals surface area contributed by atoms with E-state index in [-0.39, 0.29) is 11.9 Å². The minimum Gasteiger partial charge on any atom is -0.352 e. The van der Waals surface area contributed by atoms with Crippen LogP contribution in [0.3, 0.4) is 0 Å². The summed E-state index contributed by atoms with van der Waals surface area (Å²) >= 11 is 0. The first-order chi connectivity index (χ1) is 9.65. The highest BCUT2D eigenvalue weighted by atomic mass is 16.2. The first kappa shape index (κ1) is 15.0. The van der Waals surface area contributed by atoms with Gasteiger partial charge in [0.25, 0.3) is 0 Å². The lowest BCUT2D eigenvalue weighted by Gasteiger charge is -2.17. The van der Waals surface area contributed by atoms with Gasteiger partial charge in [0.2, 0.25) is 5.91 Å². The second-order valence-corrected chi connectivity index (χ2v) is 5.90. The standard InChI is InChI=1S/C17H26N2O/c1-13-6-5-7-15(12-13)10-11-18-14(2)17(20)19-16-8-3-4-9-16/h5-7,12,14,16,18H,3-4,8-11H2,1-2H3,(H,19,20). The van der Waals surface area contributed by atoms with Crippen molar-refractivity contribution in [3.63, 3.8) is 0 Å². The molecule has 1 fully saturated rings. The average Bonchev–Trinajstić information content (AvgIpc) is 2.91. The number of carbonyl (C=O) groups is 1. The lowest BCUT2D eigenvalue weighted by molar-refractivity contribution is -0.123. The van der Waals surface area contributed by atoms with Gasteiger partial charge >= 0.3 is 0 Å². The van der Waals surface area contributed by atoms with E-state index in [4.69, 9.17) is 0 Å². The van der Waals surface area contributed by atoms with Crippen molar-refractivity contribution in [2.45, 2.75) is 58.0 Å². The van der Waals surface area contributed by atoms with E-state index in [0.29, 0.717) is 6.04 Å². The summed E-state index contributed by atoms with van der Waals surface area (Å²) in [6.45, 7) is 4.89. The van der Waals surface area contributed by atoms with Crippen molar-refractivity contribution in [1.29, 1.82) is 0 Å². The third kappa shape index (κ3) is 4.64. The summed E-state index contributed by atoms with van der Waals surface area (Å²) in [6, 6.07) is 8.82. The van der Waals surface area contributed by atoms with Gasteiger partial charge in [-0.05, 0) is 45.2 Å². The van der Waals surface area contributed by atoms with Crippen molar-refractivity contribution in [2.24, 2.45) is 0 Å². The van der Waals surface area contributed by atoms with Crippen LogP contribution in [0.15, 0.2) is 24.3 Å². The SMILES string of the molecule is Cc1cccc(CCNC(C)C(=O)NC2CCCC2)c1. The minimum atomic E-state index is -0.111. The van der Waals surface area contributed by atoms with Gasteiger partial charge in [-0.2, -0.15) is 0 Å². The predicted molar refractivity (Wildman–Crippen MR) is 82.7 cm³/mol. The highest BCUT2D eigenvalue weighted by Crippen LogP contribution is 2.17. The summed E-state index contributed by atoms with van der Waals surface area (Å²) < 4.78 is 0. The molecule has 110 valence electrons. The number of nitrogens with one attached hydrogen (secondary N) is 2. The van der Waals surface area contributed by atoms with Crippen LogP contribution in [0.25, 0.3) is 0 Å². The normalized spacial score (nSPS) is 17.1. The van der Waals surface area contributed by atoms with Gasteiger partial charge in [0.05, 0.1) is 6.04 Å². The molecule has 20 heavy (non-hydrogen) atoms. The summed E-state index contributed by atoms with van der Waals surface area (Å²) in [4.78, 5) is 12.0. The maximum Gasteiger partial charge on any atom is 0.237 e. The smallest absolute Gasteiger partial charge is 0.237 e. The van der Waals surface area contributed by atoms with Crippen molar-refractivity contribution in [2.75, 3.05) is 6.54 Å². The fourth-order valence-corrected chi connectivity index (χ4v) is 2.79. The molecule has 1 saturated carbocycles. The van der Waals surface area contributed by atoms with Gasteiger partial charge in [0.1, 0.15) is 0 Å². The van der Waals surface area contributed by atoms with Crippen LogP contribution in [0.4, 0.5) is 0 Å². The molecule has 3 nitrogen and oxygen atoms in total. The van der Waals surface area contributed by atoms with Crippen molar-refractivity contribution < 1.29 is 4.79 Å². The summed E-state index contributed by atoms with van der Waals surface area (Å²) in [5, 5.41) is 6.45. The van der Waals surface area contributed by atoms with Gasteiger partial charge < -0.3 is 10.6 Å². The lowest BCUT2D eigenvalue weighted by atomic mass is 10.1. The molecule has 0 radical (unpaired) electrons. The predicted octanol–water partition coefficient (Wildman–Crippen LogP) is 2.57. The zero-order chi connectivity index (χ0) is 14.4. The van der Waals surface area contributed by atoms with E-state index >= 15 is 0 Å². The molecule has 2 rings (SSSR count). The van der Waals surface area contributed by atoms with Crippen LogP contribution in [0.2, 0.25) is 0 Å². The Hall–Kier alpha value is -1.35. The number of aryl methyl sites for hydroxylation is 1.